The van der Waals surface area contributed by atoms with E-state index in [0.717, 1.165) is 35.6 Å². The molecule has 2 atom stereocenters. The van der Waals surface area contributed by atoms with Crippen LogP contribution in [-0.2, 0) is 0 Å². The summed E-state index contributed by atoms with van der Waals surface area (Å²) in [7, 11) is 1.64. The lowest BCUT2D eigenvalue weighted by Gasteiger charge is -2.31. The van der Waals surface area contributed by atoms with Gasteiger partial charge < -0.3 is 15.8 Å². The Morgan fingerprint density at radius 2 is 2.04 bits per heavy atom. The number of hydrogen-bond donors (Lipinski definition) is 2. The van der Waals surface area contributed by atoms with Crippen LogP contribution in [0.4, 0.5) is 0 Å². The van der Waals surface area contributed by atoms with E-state index < -0.39 is 0 Å². The van der Waals surface area contributed by atoms with Crippen LogP contribution >= 0.6 is 23.7 Å². The first-order valence-electron chi connectivity index (χ1n) is 8.32. The molecule has 1 aliphatic rings. The van der Waals surface area contributed by atoms with E-state index in [-0.39, 0.29) is 24.4 Å². The third-order valence-corrected chi connectivity index (χ3v) is 5.64. The molecule has 25 heavy (non-hydrogen) atoms. The molecule has 0 spiro atoms. The van der Waals surface area contributed by atoms with Crippen LogP contribution < -0.4 is 15.8 Å². The first-order valence-corrected chi connectivity index (χ1v) is 9.14. The van der Waals surface area contributed by atoms with Crippen LogP contribution in [0.5, 0.6) is 5.75 Å². The van der Waals surface area contributed by atoms with Crippen molar-refractivity contribution in [3.8, 4) is 16.3 Å². The number of amides is 1. The van der Waals surface area contributed by atoms with Crippen molar-refractivity contribution in [2.45, 2.75) is 31.7 Å². The van der Waals surface area contributed by atoms with Crippen LogP contribution in [0.3, 0.4) is 0 Å². The second-order valence-corrected chi connectivity index (χ2v) is 7.15. The Labute approximate surface area is 158 Å². The number of carbonyl (C=O) groups is 1. The zero-order valence-corrected chi connectivity index (χ0v) is 15.9. The van der Waals surface area contributed by atoms with Gasteiger partial charge in [-0.2, -0.15) is 0 Å². The lowest BCUT2D eigenvalue weighted by molar-refractivity contribution is 0.0912. The molecule has 7 heteroatoms. The van der Waals surface area contributed by atoms with Gasteiger partial charge in [0.2, 0.25) is 0 Å². The molecular weight excluding hydrogens is 358 g/mol. The topological polar surface area (TPSA) is 77.2 Å². The number of benzene rings is 1. The van der Waals surface area contributed by atoms with Gasteiger partial charge in [0.05, 0.1) is 13.3 Å². The lowest BCUT2D eigenvalue weighted by Crippen LogP contribution is -2.44. The Balaban J connectivity index is 0.00000225. The van der Waals surface area contributed by atoms with Crippen molar-refractivity contribution in [3.63, 3.8) is 0 Å². The highest BCUT2D eigenvalue weighted by Crippen LogP contribution is 2.28. The van der Waals surface area contributed by atoms with E-state index in [1.54, 1.807) is 13.3 Å². The Morgan fingerprint density at radius 3 is 2.72 bits per heavy atom. The van der Waals surface area contributed by atoms with E-state index in [0.29, 0.717) is 17.3 Å². The Hall–Kier alpha value is -1.63. The van der Waals surface area contributed by atoms with Crippen molar-refractivity contribution in [1.82, 2.24) is 10.3 Å². The quantitative estimate of drug-likeness (QED) is 0.831. The van der Waals surface area contributed by atoms with Gasteiger partial charge in [0.1, 0.15) is 15.6 Å². The number of nitrogens with zero attached hydrogens (tertiary/aromatic N) is 1. The largest absolute Gasteiger partial charge is 0.497 e. The summed E-state index contributed by atoms with van der Waals surface area (Å²) in [6.07, 6.45) is 6.12. The Kier molecular flexibility index (Phi) is 7.23. The minimum absolute atomic E-state index is 0. The Bertz CT molecular complexity index is 690. The summed E-state index contributed by atoms with van der Waals surface area (Å²) < 4.78 is 5.16. The highest BCUT2D eigenvalue weighted by molar-refractivity contribution is 7.16. The van der Waals surface area contributed by atoms with E-state index in [1.807, 2.05) is 24.3 Å². The summed E-state index contributed by atoms with van der Waals surface area (Å²) in [4.78, 5) is 17.5. The van der Waals surface area contributed by atoms with Gasteiger partial charge in [0, 0.05) is 11.6 Å². The number of nitrogens with one attached hydrogen (secondary N) is 1. The molecular formula is C18H24ClN3O2S. The lowest BCUT2D eigenvalue weighted by atomic mass is 9.84. The van der Waals surface area contributed by atoms with Gasteiger partial charge in [0.15, 0.2) is 0 Å². The molecule has 1 aliphatic carbocycles. The van der Waals surface area contributed by atoms with E-state index >= 15 is 0 Å². The molecule has 2 aromatic rings. The number of methoxy groups -OCH3 is 1. The second-order valence-electron chi connectivity index (χ2n) is 6.12. The molecule has 3 rings (SSSR count). The number of halogens is 1. The molecule has 3 N–H and O–H groups in total. The van der Waals surface area contributed by atoms with Gasteiger partial charge in [-0.3, -0.25) is 4.79 Å². The van der Waals surface area contributed by atoms with Crippen LogP contribution in [0, 0.1) is 5.92 Å². The van der Waals surface area contributed by atoms with Crippen molar-refractivity contribution in [3.05, 3.63) is 35.3 Å². The zero-order valence-electron chi connectivity index (χ0n) is 14.2. The number of thiazole rings is 1. The van der Waals surface area contributed by atoms with Gasteiger partial charge in [-0.1, -0.05) is 12.8 Å². The summed E-state index contributed by atoms with van der Waals surface area (Å²) in [6, 6.07) is 7.87. The number of ether oxygens (including phenoxy) is 1. The molecule has 0 radical (unpaired) electrons. The van der Waals surface area contributed by atoms with Crippen LogP contribution in [0.25, 0.3) is 10.6 Å². The van der Waals surface area contributed by atoms with E-state index in [9.17, 15) is 4.79 Å². The third-order valence-electron chi connectivity index (χ3n) is 4.59. The van der Waals surface area contributed by atoms with Gasteiger partial charge in [-0.25, -0.2) is 4.98 Å². The van der Waals surface area contributed by atoms with Gasteiger partial charge >= 0.3 is 0 Å². The van der Waals surface area contributed by atoms with Crippen LogP contribution in [0.15, 0.2) is 30.5 Å². The normalized spacial score (nSPS) is 19.8. The number of carbonyl (C=O) groups excluding carboxylic acids is 1. The van der Waals surface area contributed by atoms with Gasteiger partial charge in [-0.05, 0) is 49.6 Å². The molecule has 0 bridgehead atoms. The standard InChI is InChI=1S/C18H23N3O2S.ClH/c1-23-14-8-6-12(7-9-14)18-20-11-16(24-18)17(22)21-15-5-3-2-4-13(15)10-19;/h6-9,11,13,15H,2-5,10,19H2,1H3,(H,21,22);1H. The predicted molar refractivity (Wildman–Crippen MR) is 104 cm³/mol. The van der Waals surface area contributed by atoms with Crippen LogP contribution in [0.1, 0.15) is 35.4 Å². The minimum Gasteiger partial charge on any atom is -0.497 e. The summed E-state index contributed by atoms with van der Waals surface area (Å²) in [5.74, 6) is 1.15. The fourth-order valence-electron chi connectivity index (χ4n) is 3.17. The monoisotopic (exact) mass is 381 g/mol. The van der Waals surface area contributed by atoms with E-state index in [2.05, 4.69) is 10.3 Å². The molecule has 1 amide bonds. The molecule has 1 fully saturated rings. The molecule has 1 heterocycles. The fraction of sp³-hybridized carbons (Fsp3) is 0.444. The zero-order chi connectivity index (χ0) is 16.9. The second kappa shape index (κ2) is 9.17. The summed E-state index contributed by atoms with van der Waals surface area (Å²) in [5.41, 5.74) is 6.82. The maximum absolute atomic E-state index is 12.5. The van der Waals surface area contributed by atoms with Crippen LogP contribution in [-0.4, -0.2) is 30.6 Å². The summed E-state index contributed by atoms with van der Waals surface area (Å²) in [5, 5.41) is 3.99. The predicted octanol–water partition coefficient (Wildman–Crippen LogP) is 3.49. The number of hydrogen-bond acceptors (Lipinski definition) is 5. The summed E-state index contributed by atoms with van der Waals surface area (Å²) >= 11 is 1.41. The molecule has 1 saturated carbocycles. The molecule has 2 unspecified atom stereocenters. The van der Waals surface area contributed by atoms with E-state index in [1.165, 1.54) is 17.8 Å². The van der Waals surface area contributed by atoms with Crippen LogP contribution in [0.2, 0.25) is 0 Å². The van der Waals surface area contributed by atoms with Crippen molar-refractivity contribution in [2.75, 3.05) is 13.7 Å². The Morgan fingerprint density at radius 1 is 1.32 bits per heavy atom. The smallest absolute Gasteiger partial charge is 0.263 e. The maximum atomic E-state index is 12.5. The molecule has 136 valence electrons. The molecule has 0 aliphatic heterocycles. The fourth-order valence-corrected chi connectivity index (χ4v) is 3.99. The maximum Gasteiger partial charge on any atom is 0.263 e. The van der Waals surface area contributed by atoms with E-state index in [4.69, 9.17) is 10.5 Å². The van der Waals surface area contributed by atoms with Crippen molar-refractivity contribution in [1.29, 1.82) is 0 Å². The highest BCUT2D eigenvalue weighted by Gasteiger charge is 2.26. The third kappa shape index (κ3) is 4.71. The van der Waals surface area contributed by atoms with Crippen molar-refractivity contribution in [2.24, 2.45) is 11.7 Å². The SMILES string of the molecule is COc1ccc(-c2ncc(C(=O)NC3CCCCC3CN)s2)cc1.Cl. The molecule has 0 saturated heterocycles. The molecule has 5 nitrogen and oxygen atoms in total. The molecule has 1 aromatic carbocycles. The number of nitrogens with two attached hydrogens (primary N) is 1. The summed E-state index contributed by atoms with van der Waals surface area (Å²) in [6.45, 7) is 0.630. The average molecular weight is 382 g/mol. The first kappa shape index (κ1) is 19.7. The van der Waals surface area contributed by atoms with Crippen molar-refractivity contribution < 1.29 is 9.53 Å². The first-order chi connectivity index (χ1) is 11.7. The van der Waals surface area contributed by atoms with Crippen molar-refractivity contribution >= 4 is 29.7 Å². The molecule has 1 aromatic heterocycles. The number of rotatable bonds is 5. The minimum atomic E-state index is -0.0439. The highest BCUT2D eigenvalue weighted by atomic mass is 35.5. The average Bonchev–Trinajstić information content (AvgIpc) is 3.12. The number of aromatic nitrogens is 1. The van der Waals surface area contributed by atoms with Gasteiger partial charge in [-0.15, -0.1) is 23.7 Å². The van der Waals surface area contributed by atoms with Gasteiger partial charge in [0.25, 0.3) is 5.91 Å².